The van der Waals surface area contributed by atoms with Crippen molar-refractivity contribution in [3.8, 4) is 56.2 Å². The van der Waals surface area contributed by atoms with Gasteiger partial charge in [0.25, 0.3) is 0 Å². The second-order valence-corrected chi connectivity index (χ2v) is 19.5. The largest absolute Gasteiger partial charge is 0.301 e. The summed E-state index contributed by atoms with van der Waals surface area (Å²) in [6.07, 6.45) is 8.67. The molecule has 0 amide bonds. The van der Waals surface area contributed by atoms with Crippen molar-refractivity contribution in [1.29, 1.82) is 0 Å². The number of rotatable bonds is 6. The number of allylic oxidation sites excluding steroid dienone is 2. The summed E-state index contributed by atoms with van der Waals surface area (Å²) in [5, 5.41) is 1.93. The van der Waals surface area contributed by atoms with Gasteiger partial charge in [-0.05, 0) is 112 Å². The molecule has 13 aromatic rings. The first-order valence-corrected chi connectivity index (χ1v) is 25.3. The van der Waals surface area contributed by atoms with Crippen LogP contribution in [0.5, 0.6) is 0 Å². The molecule has 0 N–H and O–H groups in total. The van der Waals surface area contributed by atoms with Crippen molar-refractivity contribution >= 4 is 72.5 Å². The van der Waals surface area contributed by atoms with Crippen LogP contribution in [0.25, 0.3) is 111 Å². The maximum absolute atomic E-state index is 5.66. The highest BCUT2D eigenvalue weighted by molar-refractivity contribution is 6.22. The summed E-state index contributed by atoms with van der Waals surface area (Å²) in [5.41, 5.74) is 18.3. The number of para-hydroxylation sites is 4. The van der Waals surface area contributed by atoms with Crippen LogP contribution in [0.15, 0.2) is 247 Å². The maximum Gasteiger partial charge on any atom is 0.149 e. The lowest BCUT2D eigenvalue weighted by atomic mass is 9.96. The van der Waals surface area contributed by atoms with Crippen molar-refractivity contribution < 1.29 is 0 Å². The Morgan fingerprint density at radius 1 is 0.347 bits per heavy atom. The van der Waals surface area contributed by atoms with Crippen LogP contribution < -0.4 is 0 Å². The minimum Gasteiger partial charge on any atom is -0.301 e. The van der Waals surface area contributed by atoms with E-state index in [0.717, 1.165) is 140 Å². The molecule has 9 nitrogen and oxygen atoms in total. The van der Waals surface area contributed by atoms with Gasteiger partial charge in [0.1, 0.15) is 34.6 Å². The van der Waals surface area contributed by atoms with E-state index in [2.05, 4.69) is 226 Å². The van der Waals surface area contributed by atoms with Crippen LogP contribution in [-0.4, -0.2) is 57.4 Å². The SMILES string of the molecule is C1=CC2N=C3c4cc(-c5ccccc5)ccc4N=C(c4cc(-c5nc6ccc(-c7ccccc7)cc6c6nc7ccccc7n56)cc(-c5nc6ccc(-c7ccccc7)cc6c6nc7ccccc7n56)c4)N3C2C=C1. The van der Waals surface area contributed by atoms with Crippen molar-refractivity contribution in [3.63, 3.8) is 0 Å². The fourth-order valence-corrected chi connectivity index (χ4v) is 11.5. The Labute approximate surface area is 430 Å². The molecular weight excluding hydrogens is 919 g/mol. The van der Waals surface area contributed by atoms with Gasteiger partial charge in [0, 0.05) is 33.0 Å². The van der Waals surface area contributed by atoms with E-state index in [4.69, 9.17) is 29.9 Å². The first-order valence-electron chi connectivity index (χ1n) is 25.3. The highest BCUT2D eigenvalue weighted by atomic mass is 15.3. The van der Waals surface area contributed by atoms with Gasteiger partial charge in [-0.15, -0.1) is 0 Å². The van der Waals surface area contributed by atoms with Gasteiger partial charge in [-0.2, -0.15) is 0 Å². The lowest BCUT2D eigenvalue weighted by Crippen LogP contribution is -2.45. The van der Waals surface area contributed by atoms with Gasteiger partial charge < -0.3 is 4.90 Å². The number of nitrogens with zero attached hydrogens (tertiary/aromatic N) is 9. The van der Waals surface area contributed by atoms with Crippen LogP contribution in [0.3, 0.4) is 0 Å². The van der Waals surface area contributed by atoms with E-state index in [9.17, 15) is 0 Å². The Morgan fingerprint density at radius 3 is 1.39 bits per heavy atom. The van der Waals surface area contributed by atoms with Crippen molar-refractivity contribution in [2.75, 3.05) is 0 Å². The summed E-state index contributed by atoms with van der Waals surface area (Å²) in [4.78, 5) is 35.5. The van der Waals surface area contributed by atoms with Crippen LogP contribution in [0, 0.1) is 0 Å². The van der Waals surface area contributed by atoms with Crippen molar-refractivity contribution in [3.05, 3.63) is 248 Å². The second kappa shape index (κ2) is 16.2. The van der Waals surface area contributed by atoms with Crippen molar-refractivity contribution in [2.24, 2.45) is 9.98 Å². The van der Waals surface area contributed by atoms with Gasteiger partial charge in [-0.25, -0.2) is 24.9 Å². The molecule has 16 rings (SSSR count). The molecule has 75 heavy (non-hydrogen) atoms. The first kappa shape index (κ1) is 41.5. The molecule has 0 saturated heterocycles. The fraction of sp³-hybridized carbons (Fsp3) is 0.0303. The second-order valence-electron chi connectivity index (χ2n) is 19.5. The quantitative estimate of drug-likeness (QED) is 0.166. The third-order valence-corrected chi connectivity index (χ3v) is 15.1. The molecule has 2 unspecified atom stereocenters. The summed E-state index contributed by atoms with van der Waals surface area (Å²) in [5.74, 6) is 3.19. The third kappa shape index (κ3) is 6.51. The summed E-state index contributed by atoms with van der Waals surface area (Å²) >= 11 is 0. The molecule has 2 aliphatic heterocycles. The number of aromatic nitrogens is 6. The van der Waals surface area contributed by atoms with Crippen LogP contribution in [0.4, 0.5) is 5.69 Å². The Morgan fingerprint density at radius 2 is 0.827 bits per heavy atom. The molecule has 0 spiro atoms. The van der Waals surface area contributed by atoms with Gasteiger partial charge >= 0.3 is 0 Å². The Bertz CT molecular complexity index is 4450. The van der Waals surface area contributed by atoms with Crippen molar-refractivity contribution in [2.45, 2.75) is 12.1 Å². The van der Waals surface area contributed by atoms with E-state index in [1.807, 2.05) is 24.3 Å². The maximum atomic E-state index is 5.66. The van der Waals surface area contributed by atoms with Crippen LogP contribution >= 0.6 is 0 Å². The molecule has 6 heterocycles. The lowest BCUT2D eigenvalue weighted by molar-refractivity contribution is 0.513. The van der Waals surface area contributed by atoms with Gasteiger partial charge in [0.05, 0.1) is 50.9 Å². The number of hydrogen-bond acceptors (Lipinski definition) is 7. The molecule has 0 radical (unpaired) electrons. The number of fused-ring (bicyclic) bond motifs is 15. The Kier molecular flexibility index (Phi) is 8.96. The molecule has 1 aliphatic carbocycles. The van der Waals surface area contributed by atoms with E-state index in [1.54, 1.807) is 0 Å². The third-order valence-electron chi connectivity index (χ3n) is 15.1. The van der Waals surface area contributed by atoms with E-state index in [0.29, 0.717) is 0 Å². The Hall–Kier alpha value is -10.1. The van der Waals surface area contributed by atoms with Gasteiger partial charge in [-0.3, -0.25) is 13.8 Å². The van der Waals surface area contributed by atoms with Crippen molar-refractivity contribution in [1.82, 2.24) is 33.6 Å². The summed E-state index contributed by atoms with van der Waals surface area (Å²) in [6.45, 7) is 0. The summed E-state index contributed by atoms with van der Waals surface area (Å²) < 4.78 is 4.46. The summed E-state index contributed by atoms with van der Waals surface area (Å²) in [6, 6.07) is 74.3. The molecule has 4 aromatic heterocycles. The minimum absolute atomic E-state index is 0.0896. The number of imidazole rings is 2. The predicted molar refractivity (Wildman–Crippen MR) is 304 cm³/mol. The number of hydrogen-bond donors (Lipinski definition) is 0. The minimum atomic E-state index is -0.0936. The topological polar surface area (TPSA) is 88.3 Å². The first-order chi connectivity index (χ1) is 37.1. The van der Waals surface area contributed by atoms with E-state index in [-0.39, 0.29) is 12.1 Å². The zero-order valence-corrected chi connectivity index (χ0v) is 40.2. The molecule has 9 aromatic carbocycles. The van der Waals surface area contributed by atoms with Gasteiger partial charge in [0.15, 0.2) is 0 Å². The smallest absolute Gasteiger partial charge is 0.149 e. The number of benzene rings is 9. The van der Waals surface area contributed by atoms with Gasteiger partial charge in [0.2, 0.25) is 0 Å². The highest BCUT2D eigenvalue weighted by Gasteiger charge is 2.41. The fourth-order valence-electron chi connectivity index (χ4n) is 11.5. The molecule has 0 saturated carbocycles. The average molecular weight is 960 g/mol. The molecule has 350 valence electrons. The van der Waals surface area contributed by atoms with Crippen LogP contribution in [0.1, 0.15) is 11.1 Å². The average Bonchev–Trinajstić information content (AvgIpc) is 4.25. The number of amidine groups is 2. The van der Waals surface area contributed by atoms with Crippen LogP contribution in [0.2, 0.25) is 0 Å². The normalized spacial score (nSPS) is 15.8. The molecule has 2 atom stereocenters. The number of aliphatic imine (C=N–C) groups is 2. The molecule has 0 bridgehead atoms. The van der Waals surface area contributed by atoms with E-state index in [1.165, 1.54) is 0 Å². The Balaban J connectivity index is 0.991. The zero-order chi connectivity index (χ0) is 49.1. The predicted octanol–water partition coefficient (Wildman–Crippen LogP) is 14.7. The molecule has 0 fully saturated rings. The van der Waals surface area contributed by atoms with Crippen LogP contribution in [-0.2, 0) is 0 Å². The highest BCUT2D eigenvalue weighted by Crippen LogP contribution is 2.42. The summed E-state index contributed by atoms with van der Waals surface area (Å²) in [7, 11) is 0. The molecule has 9 heteroatoms. The standard InChI is InChI=1S/C66H41N9/c1-4-16-40(17-5-1)43-28-31-52-49(37-43)64-70-55-22-10-13-25-58(55)73(64)61(67-52)46-34-47(62-68-53-32-29-44(41-18-6-2-7-19-41)38-50(53)65-71-56-23-11-14-26-59(56)74(62)65)36-48(35-46)63-69-54-33-30-45(42-20-8-3-9-21-42)39-51(54)66-72-57-24-12-15-27-60(57)75(63)66/h1-39,55,58H. The molecular formula is C66H41N9. The zero-order valence-electron chi connectivity index (χ0n) is 40.2. The lowest BCUT2D eigenvalue weighted by Gasteiger charge is -2.33. The van der Waals surface area contributed by atoms with E-state index >= 15 is 0 Å². The van der Waals surface area contributed by atoms with E-state index < -0.39 is 0 Å². The molecule has 3 aliphatic rings. The van der Waals surface area contributed by atoms with Gasteiger partial charge in [-0.1, -0.05) is 158 Å². The monoisotopic (exact) mass is 959 g/mol.